The zero-order valence-corrected chi connectivity index (χ0v) is 13.6. The van der Waals surface area contributed by atoms with Crippen LogP contribution >= 0.6 is 0 Å². The number of sulfonamides is 1. The molecule has 6 nitrogen and oxygen atoms in total. The number of aromatic carboxylic acids is 1. The van der Waals surface area contributed by atoms with Gasteiger partial charge in [-0.15, -0.1) is 0 Å². The summed E-state index contributed by atoms with van der Waals surface area (Å²) in [5, 5.41) is 9.26. The highest BCUT2D eigenvalue weighted by atomic mass is 32.2. The molecular weight excluding hydrogens is 294 g/mol. The summed E-state index contributed by atoms with van der Waals surface area (Å²) in [6.07, 6.45) is -0.181. The van der Waals surface area contributed by atoms with Crippen LogP contribution in [0.15, 0.2) is 23.1 Å². The van der Waals surface area contributed by atoms with Crippen LogP contribution in [0.3, 0.4) is 0 Å². The average molecular weight is 315 g/mol. The largest absolute Gasteiger partial charge is 0.490 e. The quantitative estimate of drug-likeness (QED) is 0.868. The summed E-state index contributed by atoms with van der Waals surface area (Å²) in [7, 11) is -0.900. The molecule has 1 N–H and O–H groups in total. The first kappa shape index (κ1) is 17.5. The minimum absolute atomic E-state index is 0.0746. The van der Waals surface area contributed by atoms with Crippen molar-refractivity contribution in [2.75, 3.05) is 14.1 Å². The molecule has 0 heterocycles. The van der Waals surface area contributed by atoms with Crippen molar-refractivity contribution in [1.29, 1.82) is 0 Å². The molecule has 21 heavy (non-hydrogen) atoms. The standard InChI is InChI=1S/C14H21NO5S/c1-9(2)10(3)20-13-7-6-11(8-12(13)14(16)17)21(18,19)15(4)5/h6-10H,1-5H3,(H,16,17). The van der Waals surface area contributed by atoms with Crippen LogP contribution in [0.2, 0.25) is 0 Å². The first-order valence-electron chi connectivity index (χ1n) is 6.54. The average Bonchev–Trinajstić information content (AvgIpc) is 2.38. The van der Waals surface area contributed by atoms with Crippen LogP contribution in [0.25, 0.3) is 0 Å². The molecule has 0 saturated carbocycles. The predicted molar refractivity (Wildman–Crippen MR) is 79.2 cm³/mol. The minimum atomic E-state index is -3.68. The zero-order valence-electron chi connectivity index (χ0n) is 12.8. The summed E-state index contributed by atoms with van der Waals surface area (Å²) >= 11 is 0. The van der Waals surface area contributed by atoms with E-state index in [0.29, 0.717) is 0 Å². The molecule has 0 amide bonds. The number of nitrogens with zero attached hydrogens (tertiary/aromatic N) is 1. The molecule has 0 aliphatic carbocycles. The molecule has 7 heteroatoms. The number of carbonyl (C=O) groups is 1. The monoisotopic (exact) mass is 315 g/mol. The van der Waals surface area contributed by atoms with Crippen LogP contribution in [0, 0.1) is 5.92 Å². The number of hydrogen-bond donors (Lipinski definition) is 1. The molecule has 0 aromatic heterocycles. The number of carboxylic acids is 1. The van der Waals surface area contributed by atoms with Gasteiger partial charge in [0.1, 0.15) is 11.3 Å². The van der Waals surface area contributed by atoms with Crippen molar-refractivity contribution in [1.82, 2.24) is 4.31 Å². The molecule has 0 saturated heterocycles. The van der Waals surface area contributed by atoms with Crippen molar-refractivity contribution in [2.45, 2.75) is 31.8 Å². The Morgan fingerprint density at radius 3 is 2.24 bits per heavy atom. The molecule has 0 fully saturated rings. The summed E-state index contributed by atoms with van der Waals surface area (Å²) in [6, 6.07) is 3.86. The van der Waals surface area contributed by atoms with E-state index in [9.17, 15) is 18.3 Å². The fraction of sp³-hybridized carbons (Fsp3) is 0.500. The molecule has 0 aliphatic heterocycles. The maximum Gasteiger partial charge on any atom is 0.339 e. The van der Waals surface area contributed by atoms with Gasteiger partial charge in [0.05, 0.1) is 11.0 Å². The van der Waals surface area contributed by atoms with Crippen molar-refractivity contribution in [3.8, 4) is 5.75 Å². The molecule has 1 atom stereocenters. The first-order chi connectivity index (χ1) is 9.57. The van der Waals surface area contributed by atoms with Gasteiger partial charge in [0.2, 0.25) is 10.0 Å². The molecule has 0 spiro atoms. The van der Waals surface area contributed by atoms with Gasteiger partial charge in [0.15, 0.2) is 0 Å². The lowest BCUT2D eigenvalue weighted by Gasteiger charge is -2.20. The molecule has 0 aliphatic rings. The Kier molecular flexibility index (Phi) is 5.36. The van der Waals surface area contributed by atoms with Gasteiger partial charge in [-0.05, 0) is 31.0 Å². The Morgan fingerprint density at radius 1 is 1.24 bits per heavy atom. The van der Waals surface area contributed by atoms with Gasteiger partial charge in [-0.25, -0.2) is 17.5 Å². The second-order valence-electron chi connectivity index (χ2n) is 5.32. The van der Waals surface area contributed by atoms with Gasteiger partial charge in [0.25, 0.3) is 0 Å². The normalized spacial score (nSPS) is 13.5. The fourth-order valence-corrected chi connectivity index (χ4v) is 2.42. The van der Waals surface area contributed by atoms with Crippen molar-refractivity contribution < 1.29 is 23.1 Å². The highest BCUT2D eigenvalue weighted by Crippen LogP contribution is 2.26. The van der Waals surface area contributed by atoms with E-state index >= 15 is 0 Å². The zero-order chi connectivity index (χ0) is 16.4. The highest BCUT2D eigenvalue weighted by Gasteiger charge is 2.22. The van der Waals surface area contributed by atoms with E-state index in [1.165, 1.54) is 26.2 Å². The third kappa shape index (κ3) is 3.95. The van der Waals surface area contributed by atoms with Crippen LogP contribution in [0.5, 0.6) is 5.75 Å². The van der Waals surface area contributed by atoms with Crippen LogP contribution in [0.1, 0.15) is 31.1 Å². The number of benzene rings is 1. The Bertz CT molecular complexity index is 622. The number of hydrogen-bond acceptors (Lipinski definition) is 4. The van der Waals surface area contributed by atoms with E-state index in [0.717, 1.165) is 10.4 Å². The molecule has 1 unspecified atom stereocenters. The summed E-state index contributed by atoms with van der Waals surface area (Å²) in [5.41, 5.74) is -0.162. The van der Waals surface area contributed by atoms with E-state index < -0.39 is 16.0 Å². The van der Waals surface area contributed by atoms with Gasteiger partial charge in [-0.2, -0.15) is 0 Å². The van der Waals surface area contributed by atoms with Crippen molar-refractivity contribution in [3.05, 3.63) is 23.8 Å². The lowest BCUT2D eigenvalue weighted by Crippen LogP contribution is -2.23. The van der Waals surface area contributed by atoms with Crippen molar-refractivity contribution in [3.63, 3.8) is 0 Å². The highest BCUT2D eigenvalue weighted by molar-refractivity contribution is 7.89. The maximum absolute atomic E-state index is 12.0. The van der Waals surface area contributed by atoms with Gasteiger partial charge in [0, 0.05) is 14.1 Å². The SMILES string of the molecule is CC(C)C(C)Oc1ccc(S(=O)(=O)N(C)C)cc1C(=O)O. The van der Waals surface area contributed by atoms with E-state index in [1.54, 1.807) is 0 Å². The predicted octanol–water partition coefficient (Wildman–Crippen LogP) is 2.06. The lowest BCUT2D eigenvalue weighted by molar-refractivity contribution is 0.0686. The molecule has 1 aromatic rings. The van der Waals surface area contributed by atoms with Crippen LogP contribution in [-0.2, 0) is 10.0 Å². The van der Waals surface area contributed by atoms with Gasteiger partial charge >= 0.3 is 5.97 Å². The molecule has 118 valence electrons. The number of rotatable bonds is 6. The minimum Gasteiger partial charge on any atom is -0.490 e. The summed E-state index contributed by atoms with van der Waals surface area (Å²) in [5.74, 6) is -0.852. The smallest absolute Gasteiger partial charge is 0.339 e. The summed E-state index contributed by atoms with van der Waals surface area (Å²) < 4.78 is 30.7. The third-order valence-corrected chi connectivity index (χ3v) is 5.02. The second-order valence-corrected chi connectivity index (χ2v) is 7.47. The van der Waals surface area contributed by atoms with Crippen LogP contribution in [0.4, 0.5) is 0 Å². The Balaban J connectivity index is 3.30. The topological polar surface area (TPSA) is 83.9 Å². The maximum atomic E-state index is 12.0. The summed E-state index contributed by atoms with van der Waals surface area (Å²) in [6.45, 7) is 5.74. The van der Waals surface area contributed by atoms with Crippen LogP contribution < -0.4 is 4.74 Å². The third-order valence-electron chi connectivity index (χ3n) is 3.21. The van der Waals surface area contributed by atoms with Gasteiger partial charge < -0.3 is 9.84 Å². The molecule has 1 rings (SSSR count). The van der Waals surface area contributed by atoms with Gasteiger partial charge in [-0.3, -0.25) is 0 Å². The molecule has 0 radical (unpaired) electrons. The first-order valence-corrected chi connectivity index (χ1v) is 7.98. The molecular formula is C14H21NO5S. The van der Waals surface area contributed by atoms with Crippen LogP contribution in [-0.4, -0.2) is 44.0 Å². The number of carboxylic acid groups (broad SMARTS) is 1. The Hall–Kier alpha value is -1.60. The lowest BCUT2D eigenvalue weighted by atomic mass is 10.1. The van der Waals surface area contributed by atoms with E-state index in [2.05, 4.69) is 0 Å². The Labute approximate surface area is 125 Å². The van der Waals surface area contributed by atoms with E-state index in [-0.39, 0.29) is 28.2 Å². The number of ether oxygens (including phenoxy) is 1. The van der Waals surface area contributed by atoms with Crippen molar-refractivity contribution in [2.24, 2.45) is 5.92 Å². The summed E-state index contributed by atoms with van der Waals surface area (Å²) in [4.78, 5) is 11.3. The molecule has 1 aromatic carbocycles. The van der Waals surface area contributed by atoms with E-state index in [4.69, 9.17) is 4.74 Å². The van der Waals surface area contributed by atoms with E-state index in [1.807, 2.05) is 20.8 Å². The Morgan fingerprint density at radius 2 is 1.81 bits per heavy atom. The molecule has 0 bridgehead atoms. The van der Waals surface area contributed by atoms with Crippen molar-refractivity contribution >= 4 is 16.0 Å². The van der Waals surface area contributed by atoms with Gasteiger partial charge in [-0.1, -0.05) is 13.8 Å². The fourth-order valence-electron chi connectivity index (χ4n) is 1.49. The second kappa shape index (κ2) is 6.44.